The molecule has 1 atom stereocenters. The number of benzene rings is 1. The second kappa shape index (κ2) is 4.66. The smallest absolute Gasteiger partial charge is 0.134 e. The summed E-state index contributed by atoms with van der Waals surface area (Å²) in [5.74, 6) is -0.154. The summed E-state index contributed by atoms with van der Waals surface area (Å²) < 4.78 is 19.0. The van der Waals surface area contributed by atoms with Crippen molar-refractivity contribution in [2.75, 3.05) is 6.54 Å². The van der Waals surface area contributed by atoms with E-state index in [1.807, 2.05) is 6.92 Å². The molecule has 0 aliphatic heterocycles. The maximum Gasteiger partial charge on any atom is 0.134 e. The third kappa shape index (κ3) is 2.25. The van der Waals surface area contributed by atoms with E-state index in [0.29, 0.717) is 12.0 Å². The minimum absolute atomic E-state index is 0.154. The summed E-state index contributed by atoms with van der Waals surface area (Å²) in [6.45, 7) is 4.99. The molecule has 86 valence electrons. The van der Waals surface area contributed by atoms with Gasteiger partial charge in [0.15, 0.2) is 0 Å². The second-order valence-electron chi connectivity index (χ2n) is 4.06. The molecule has 0 radical (unpaired) electrons. The van der Waals surface area contributed by atoms with Gasteiger partial charge in [0, 0.05) is 11.4 Å². The first kappa shape index (κ1) is 11.1. The van der Waals surface area contributed by atoms with Gasteiger partial charge in [0.2, 0.25) is 0 Å². The van der Waals surface area contributed by atoms with Crippen molar-refractivity contribution < 1.29 is 8.81 Å². The zero-order valence-electron chi connectivity index (χ0n) is 9.59. The maximum atomic E-state index is 13.7. The number of likely N-dealkylation sites (N-methyl/N-ethyl adjacent to an activating group) is 1. The molecule has 0 amide bonds. The van der Waals surface area contributed by atoms with Gasteiger partial charge in [-0.2, -0.15) is 0 Å². The van der Waals surface area contributed by atoms with Crippen LogP contribution in [0.1, 0.15) is 19.4 Å². The number of hydrogen-bond donors (Lipinski definition) is 1. The van der Waals surface area contributed by atoms with Crippen LogP contribution in [0.15, 0.2) is 28.9 Å². The van der Waals surface area contributed by atoms with Gasteiger partial charge in [-0.25, -0.2) is 4.39 Å². The van der Waals surface area contributed by atoms with E-state index in [-0.39, 0.29) is 11.9 Å². The van der Waals surface area contributed by atoms with Gasteiger partial charge in [0.05, 0.1) is 6.26 Å². The van der Waals surface area contributed by atoms with Crippen LogP contribution < -0.4 is 5.32 Å². The molecule has 2 aromatic rings. The summed E-state index contributed by atoms with van der Waals surface area (Å²) in [7, 11) is 0. The van der Waals surface area contributed by atoms with Gasteiger partial charge in [-0.05, 0) is 43.7 Å². The molecule has 1 aromatic heterocycles. The van der Waals surface area contributed by atoms with Gasteiger partial charge in [0.1, 0.15) is 11.4 Å². The molecule has 2 nitrogen and oxygen atoms in total. The molecule has 0 saturated carbocycles. The first-order valence-electron chi connectivity index (χ1n) is 5.59. The van der Waals surface area contributed by atoms with Crippen LogP contribution in [0.2, 0.25) is 0 Å². The highest BCUT2D eigenvalue weighted by Gasteiger charge is 2.09. The first-order valence-corrected chi connectivity index (χ1v) is 5.59. The SMILES string of the molecule is CCNC(C)Cc1cc2occc2cc1F. The van der Waals surface area contributed by atoms with E-state index < -0.39 is 0 Å². The second-order valence-corrected chi connectivity index (χ2v) is 4.06. The van der Waals surface area contributed by atoms with Crippen LogP contribution in [0.4, 0.5) is 4.39 Å². The van der Waals surface area contributed by atoms with Gasteiger partial charge in [-0.1, -0.05) is 6.92 Å². The lowest BCUT2D eigenvalue weighted by molar-refractivity contribution is 0.539. The fraction of sp³-hybridized carbons (Fsp3) is 0.385. The van der Waals surface area contributed by atoms with Crippen molar-refractivity contribution in [3.63, 3.8) is 0 Å². The van der Waals surface area contributed by atoms with Crippen LogP contribution in [0.25, 0.3) is 11.0 Å². The minimum atomic E-state index is -0.154. The fourth-order valence-corrected chi connectivity index (χ4v) is 1.93. The van der Waals surface area contributed by atoms with E-state index in [0.717, 1.165) is 17.5 Å². The molecule has 16 heavy (non-hydrogen) atoms. The highest BCUT2D eigenvalue weighted by atomic mass is 19.1. The van der Waals surface area contributed by atoms with E-state index in [1.165, 1.54) is 6.07 Å². The molecule has 1 unspecified atom stereocenters. The maximum absolute atomic E-state index is 13.7. The lowest BCUT2D eigenvalue weighted by Gasteiger charge is -2.12. The number of furan rings is 1. The fourth-order valence-electron chi connectivity index (χ4n) is 1.93. The van der Waals surface area contributed by atoms with Crippen molar-refractivity contribution in [3.8, 4) is 0 Å². The van der Waals surface area contributed by atoms with Crippen LogP contribution in [-0.4, -0.2) is 12.6 Å². The van der Waals surface area contributed by atoms with E-state index in [9.17, 15) is 4.39 Å². The summed E-state index contributed by atoms with van der Waals surface area (Å²) in [5, 5.41) is 4.08. The van der Waals surface area contributed by atoms with Crippen LogP contribution in [0.3, 0.4) is 0 Å². The van der Waals surface area contributed by atoms with Gasteiger partial charge in [0.25, 0.3) is 0 Å². The first-order chi connectivity index (χ1) is 7.70. The van der Waals surface area contributed by atoms with Gasteiger partial charge in [-0.3, -0.25) is 0 Å². The normalized spacial score (nSPS) is 13.2. The van der Waals surface area contributed by atoms with Crippen LogP contribution in [0, 0.1) is 5.82 Å². The molecule has 0 aliphatic rings. The summed E-state index contributed by atoms with van der Waals surface area (Å²) >= 11 is 0. The van der Waals surface area contributed by atoms with Crippen molar-refractivity contribution in [2.24, 2.45) is 0 Å². The Morgan fingerprint density at radius 3 is 3.00 bits per heavy atom. The monoisotopic (exact) mass is 221 g/mol. The van der Waals surface area contributed by atoms with Crippen molar-refractivity contribution in [1.29, 1.82) is 0 Å². The highest BCUT2D eigenvalue weighted by Crippen LogP contribution is 2.21. The quantitative estimate of drug-likeness (QED) is 0.858. The molecule has 2 rings (SSSR count). The molecular weight excluding hydrogens is 205 g/mol. The highest BCUT2D eigenvalue weighted by molar-refractivity contribution is 5.77. The molecular formula is C13H16FNO. The molecule has 0 bridgehead atoms. The molecule has 0 spiro atoms. The summed E-state index contributed by atoms with van der Waals surface area (Å²) in [5.41, 5.74) is 1.45. The number of halogens is 1. The van der Waals surface area contributed by atoms with Crippen LogP contribution in [0.5, 0.6) is 0 Å². The van der Waals surface area contributed by atoms with E-state index >= 15 is 0 Å². The third-order valence-electron chi connectivity index (χ3n) is 2.70. The van der Waals surface area contributed by atoms with E-state index in [1.54, 1.807) is 18.4 Å². The Labute approximate surface area is 94.4 Å². The average molecular weight is 221 g/mol. The van der Waals surface area contributed by atoms with Crippen LogP contribution >= 0.6 is 0 Å². The van der Waals surface area contributed by atoms with Crippen molar-refractivity contribution in [1.82, 2.24) is 5.32 Å². The topological polar surface area (TPSA) is 25.2 Å². The largest absolute Gasteiger partial charge is 0.464 e. The van der Waals surface area contributed by atoms with Crippen molar-refractivity contribution >= 4 is 11.0 Å². The Bertz CT molecular complexity index is 478. The van der Waals surface area contributed by atoms with E-state index in [4.69, 9.17) is 4.42 Å². The Morgan fingerprint density at radius 2 is 2.25 bits per heavy atom. The Hall–Kier alpha value is -1.35. The Kier molecular flexibility index (Phi) is 3.25. The summed E-state index contributed by atoms with van der Waals surface area (Å²) in [4.78, 5) is 0. The zero-order chi connectivity index (χ0) is 11.5. The predicted molar refractivity (Wildman–Crippen MR) is 63.0 cm³/mol. The molecule has 1 aromatic carbocycles. The molecule has 1 heterocycles. The number of nitrogens with one attached hydrogen (secondary N) is 1. The number of fused-ring (bicyclic) bond motifs is 1. The molecule has 3 heteroatoms. The summed E-state index contributed by atoms with van der Waals surface area (Å²) in [6.07, 6.45) is 2.26. The molecule has 0 aliphatic carbocycles. The van der Waals surface area contributed by atoms with Gasteiger partial charge in [-0.15, -0.1) is 0 Å². The van der Waals surface area contributed by atoms with Gasteiger partial charge < -0.3 is 9.73 Å². The van der Waals surface area contributed by atoms with Crippen molar-refractivity contribution in [2.45, 2.75) is 26.3 Å². The standard InChI is InChI=1S/C13H16FNO/c1-3-15-9(2)6-11-8-13-10(4-5-16-13)7-12(11)14/h4-5,7-9,15H,3,6H2,1-2H3. The van der Waals surface area contributed by atoms with E-state index in [2.05, 4.69) is 12.2 Å². The summed E-state index contributed by atoms with van der Waals surface area (Å²) in [6, 6.07) is 5.37. The molecule has 0 fully saturated rings. The third-order valence-corrected chi connectivity index (χ3v) is 2.70. The Balaban J connectivity index is 2.25. The Morgan fingerprint density at radius 1 is 1.44 bits per heavy atom. The lowest BCUT2D eigenvalue weighted by Crippen LogP contribution is -2.27. The van der Waals surface area contributed by atoms with Crippen molar-refractivity contribution in [3.05, 3.63) is 35.8 Å². The van der Waals surface area contributed by atoms with Gasteiger partial charge >= 0.3 is 0 Å². The molecule has 0 saturated heterocycles. The van der Waals surface area contributed by atoms with Crippen LogP contribution in [-0.2, 0) is 6.42 Å². The zero-order valence-corrected chi connectivity index (χ0v) is 9.59. The average Bonchev–Trinajstić information content (AvgIpc) is 2.65. The number of hydrogen-bond acceptors (Lipinski definition) is 2. The molecule has 1 N–H and O–H groups in total. The minimum Gasteiger partial charge on any atom is -0.464 e. The lowest BCUT2D eigenvalue weighted by atomic mass is 10.1. The number of rotatable bonds is 4. The predicted octanol–water partition coefficient (Wildman–Crippen LogP) is 3.11.